The lowest BCUT2D eigenvalue weighted by Gasteiger charge is -2.40. The molecule has 5 nitrogen and oxygen atoms in total. The number of aromatic nitrogens is 1. The number of ether oxygens (including phenoxy) is 1. The number of aromatic amines is 1. The van der Waals surface area contributed by atoms with Gasteiger partial charge in [0.25, 0.3) is 0 Å². The molecule has 0 unspecified atom stereocenters. The number of fused-ring (bicyclic) bond motifs is 3. The van der Waals surface area contributed by atoms with E-state index in [0.717, 1.165) is 32.2 Å². The molecule has 1 aliphatic heterocycles. The molecule has 138 valence electrons. The Morgan fingerprint density at radius 3 is 2.56 bits per heavy atom. The van der Waals surface area contributed by atoms with Gasteiger partial charge in [0.05, 0.1) is 13.2 Å². The first kappa shape index (κ1) is 17.8. The molecule has 1 aliphatic rings. The maximum atomic E-state index is 12.6. The zero-order valence-corrected chi connectivity index (χ0v) is 16.6. The molecule has 2 aromatic carbocycles. The van der Waals surface area contributed by atoms with Crippen molar-refractivity contribution in [3.05, 3.63) is 69.8 Å². The van der Waals surface area contributed by atoms with Crippen LogP contribution in [-0.2, 0) is 20.7 Å². The number of methoxy groups -OCH3 is 1. The van der Waals surface area contributed by atoms with Crippen LogP contribution in [0.4, 0.5) is 0 Å². The highest BCUT2D eigenvalue weighted by Gasteiger charge is 2.43. The van der Waals surface area contributed by atoms with Crippen molar-refractivity contribution in [3.8, 4) is 0 Å². The molecule has 3 aromatic rings. The minimum atomic E-state index is -0.670. The van der Waals surface area contributed by atoms with Crippen molar-refractivity contribution in [1.29, 1.82) is 0 Å². The molecule has 1 aromatic heterocycles. The highest BCUT2D eigenvalue weighted by atomic mass is 79.9. The van der Waals surface area contributed by atoms with Crippen LogP contribution < -0.4 is 0 Å². The number of carbonyl (C=O) groups excluding carboxylic acids is 2. The number of amides is 1. The molecule has 0 fully saturated rings. The molecule has 1 N–H and O–H groups in total. The molecule has 27 heavy (non-hydrogen) atoms. The number of benzene rings is 2. The van der Waals surface area contributed by atoms with Crippen LogP contribution in [0.3, 0.4) is 0 Å². The van der Waals surface area contributed by atoms with Crippen LogP contribution in [0.1, 0.15) is 29.8 Å². The van der Waals surface area contributed by atoms with Gasteiger partial charge in [0.2, 0.25) is 5.91 Å². The molecule has 0 aliphatic carbocycles. The molecule has 0 bridgehead atoms. The summed E-state index contributed by atoms with van der Waals surface area (Å²) in [6, 6.07) is 14.7. The van der Waals surface area contributed by atoms with Gasteiger partial charge in [-0.2, -0.15) is 0 Å². The number of nitrogens with one attached hydrogen (secondary N) is 1. The highest BCUT2D eigenvalue weighted by molar-refractivity contribution is 9.10. The quantitative estimate of drug-likeness (QED) is 0.630. The van der Waals surface area contributed by atoms with Crippen molar-refractivity contribution in [3.63, 3.8) is 0 Å². The summed E-state index contributed by atoms with van der Waals surface area (Å²) in [5, 5.41) is 1.07. The van der Waals surface area contributed by atoms with Gasteiger partial charge in [0.1, 0.15) is 6.04 Å². The summed E-state index contributed by atoms with van der Waals surface area (Å²) in [5.74, 6) is -0.575. The lowest BCUT2D eigenvalue weighted by Crippen LogP contribution is -2.51. The first-order valence-electron chi connectivity index (χ1n) is 8.73. The van der Waals surface area contributed by atoms with Crippen molar-refractivity contribution >= 4 is 38.7 Å². The predicted octanol–water partition coefficient (Wildman–Crippen LogP) is 3.97. The lowest BCUT2D eigenvalue weighted by molar-refractivity contribution is -0.154. The summed E-state index contributed by atoms with van der Waals surface area (Å²) in [4.78, 5) is 30.3. The Kier molecular flexibility index (Phi) is 4.52. The zero-order chi connectivity index (χ0) is 19.1. The van der Waals surface area contributed by atoms with Gasteiger partial charge in [-0.15, -0.1) is 0 Å². The molecule has 0 spiro atoms. The average molecular weight is 427 g/mol. The highest BCUT2D eigenvalue weighted by Crippen LogP contribution is 2.43. The Balaban J connectivity index is 2.01. The Morgan fingerprint density at radius 2 is 1.85 bits per heavy atom. The number of halogens is 1. The molecular formula is C21H19BrN2O3. The summed E-state index contributed by atoms with van der Waals surface area (Å²) in [7, 11) is 1.36. The minimum absolute atomic E-state index is 0.171. The number of nitrogens with zero attached hydrogens (tertiary/aromatic N) is 1. The molecule has 6 heteroatoms. The van der Waals surface area contributed by atoms with E-state index in [4.69, 9.17) is 4.74 Å². The van der Waals surface area contributed by atoms with Gasteiger partial charge < -0.3 is 14.6 Å². The predicted molar refractivity (Wildman–Crippen MR) is 106 cm³/mol. The number of esters is 1. The van der Waals surface area contributed by atoms with E-state index in [9.17, 15) is 9.59 Å². The Morgan fingerprint density at radius 1 is 1.15 bits per heavy atom. The van der Waals surface area contributed by atoms with Crippen LogP contribution in [0.5, 0.6) is 0 Å². The first-order valence-corrected chi connectivity index (χ1v) is 9.53. The molecular weight excluding hydrogens is 408 g/mol. The Hall–Kier alpha value is -2.60. The largest absolute Gasteiger partial charge is 0.467 e. The smallest absolute Gasteiger partial charge is 0.328 e. The zero-order valence-electron chi connectivity index (χ0n) is 15.0. The number of para-hydroxylation sites is 1. The summed E-state index contributed by atoms with van der Waals surface area (Å²) in [5.41, 5.74) is 3.92. The van der Waals surface area contributed by atoms with E-state index in [1.165, 1.54) is 14.0 Å². The number of hydrogen-bond acceptors (Lipinski definition) is 3. The summed E-state index contributed by atoms with van der Waals surface area (Å²) in [6.07, 6.45) is 0.423. The van der Waals surface area contributed by atoms with Crippen molar-refractivity contribution in [1.82, 2.24) is 9.88 Å². The molecule has 2 heterocycles. The summed E-state index contributed by atoms with van der Waals surface area (Å²) >= 11 is 3.61. The molecule has 1 amide bonds. The Bertz CT molecular complexity index is 1040. The minimum Gasteiger partial charge on any atom is -0.467 e. The van der Waals surface area contributed by atoms with Crippen LogP contribution in [0.25, 0.3) is 10.9 Å². The Labute approximate surface area is 165 Å². The topological polar surface area (TPSA) is 62.4 Å². The summed E-state index contributed by atoms with van der Waals surface area (Å²) < 4.78 is 5.92. The fraction of sp³-hybridized carbons (Fsp3) is 0.238. The van der Waals surface area contributed by atoms with Gasteiger partial charge in [0, 0.05) is 34.4 Å². The van der Waals surface area contributed by atoms with Crippen molar-refractivity contribution in [2.75, 3.05) is 7.11 Å². The normalized spacial score (nSPS) is 19.0. The lowest BCUT2D eigenvalue weighted by atomic mass is 9.88. The van der Waals surface area contributed by atoms with Crippen molar-refractivity contribution in [2.45, 2.75) is 25.4 Å². The second-order valence-electron chi connectivity index (χ2n) is 6.66. The standard InChI is InChI=1S/C21H19BrN2O3/c1-12(25)24-18(21(26)27-2)11-15-13-7-4-6-10-17(13)23-19(15)20(24)14-8-3-5-9-16(14)22/h3-10,18,20,23H,11H2,1-2H3/t18-,20+/m0/s1. The molecule has 0 saturated heterocycles. The molecule has 2 atom stereocenters. The fourth-order valence-corrected chi connectivity index (χ4v) is 4.52. The number of H-pyrrole nitrogens is 1. The maximum absolute atomic E-state index is 12.6. The molecule has 4 rings (SSSR count). The van der Waals surface area contributed by atoms with Gasteiger partial charge in [0.15, 0.2) is 0 Å². The number of hydrogen-bond donors (Lipinski definition) is 1. The van der Waals surface area contributed by atoms with Crippen molar-refractivity contribution in [2.24, 2.45) is 0 Å². The number of rotatable bonds is 2. The van der Waals surface area contributed by atoms with Crippen LogP contribution in [0, 0.1) is 0 Å². The van der Waals surface area contributed by atoms with Crippen molar-refractivity contribution < 1.29 is 14.3 Å². The second-order valence-corrected chi connectivity index (χ2v) is 7.51. The average Bonchev–Trinajstić information content (AvgIpc) is 3.05. The third kappa shape index (κ3) is 2.84. The van der Waals surface area contributed by atoms with Gasteiger partial charge in [-0.05, 0) is 23.3 Å². The maximum Gasteiger partial charge on any atom is 0.328 e. The first-order chi connectivity index (χ1) is 13.0. The number of carbonyl (C=O) groups is 2. The van der Waals surface area contributed by atoms with E-state index in [1.807, 2.05) is 48.5 Å². The van der Waals surface area contributed by atoms with E-state index in [1.54, 1.807) is 4.90 Å². The summed E-state index contributed by atoms with van der Waals surface area (Å²) in [6.45, 7) is 1.49. The van der Waals surface area contributed by atoms with Crippen LogP contribution in [0.15, 0.2) is 53.0 Å². The third-order valence-electron chi connectivity index (χ3n) is 5.17. The van der Waals surface area contributed by atoms with Gasteiger partial charge >= 0.3 is 5.97 Å². The van der Waals surface area contributed by atoms with E-state index < -0.39 is 18.1 Å². The fourth-order valence-electron chi connectivity index (χ4n) is 4.02. The second kappa shape index (κ2) is 6.85. The van der Waals surface area contributed by atoms with Crippen LogP contribution in [0.2, 0.25) is 0 Å². The van der Waals surface area contributed by atoms with E-state index in [-0.39, 0.29) is 5.91 Å². The SMILES string of the molecule is COC(=O)[C@@H]1Cc2c([nH]c3ccccc23)[C@@H](c2ccccc2Br)N1C(C)=O. The van der Waals surface area contributed by atoms with Crippen LogP contribution >= 0.6 is 15.9 Å². The monoisotopic (exact) mass is 426 g/mol. The van der Waals surface area contributed by atoms with E-state index in [2.05, 4.69) is 20.9 Å². The van der Waals surface area contributed by atoms with Gasteiger partial charge in [-0.3, -0.25) is 4.79 Å². The van der Waals surface area contributed by atoms with E-state index >= 15 is 0 Å². The third-order valence-corrected chi connectivity index (χ3v) is 5.89. The van der Waals surface area contributed by atoms with Gasteiger partial charge in [-0.25, -0.2) is 4.79 Å². The molecule has 0 saturated carbocycles. The van der Waals surface area contributed by atoms with Crippen LogP contribution in [-0.4, -0.2) is 34.9 Å². The molecule has 0 radical (unpaired) electrons. The van der Waals surface area contributed by atoms with E-state index in [0.29, 0.717) is 6.42 Å². The van der Waals surface area contributed by atoms with Gasteiger partial charge in [-0.1, -0.05) is 52.3 Å².